The van der Waals surface area contributed by atoms with Crippen LogP contribution in [0.25, 0.3) is 17.0 Å². The van der Waals surface area contributed by atoms with Crippen LogP contribution in [0.3, 0.4) is 0 Å². The summed E-state index contributed by atoms with van der Waals surface area (Å²) in [5.41, 5.74) is 5.00. The average Bonchev–Trinajstić information content (AvgIpc) is 3.55. The Morgan fingerprint density at radius 1 is 0.981 bits per heavy atom. The summed E-state index contributed by atoms with van der Waals surface area (Å²) in [6.45, 7) is 9.56. The minimum absolute atomic E-state index is 0.0544. The van der Waals surface area contributed by atoms with E-state index in [0.717, 1.165) is 51.2 Å². The van der Waals surface area contributed by atoms with Crippen molar-refractivity contribution in [3.05, 3.63) is 75.7 Å². The predicted molar refractivity (Wildman–Crippen MR) is 206 cm³/mol. The number of nitrogens with one attached hydrogen (secondary N) is 1. The number of likely N-dealkylation sites (tertiary alicyclic amines) is 1. The van der Waals surface area contributed by atoms with Crippen LogP contribution in [0, 0.1) is 35.0 Å². The lowest BCUT2D eigenvalue weighted by Crippen LogP contribution is -2.41. The Hall–Kier alpha value is -3.85. The number of aromatic nitrogens is 2. The molecule has 3 heterocycles. The van der Waals surface area contributed by atoms with E-state index in [4.69, 9.17) is 9.97 Å². The number of carbonyl (C=O) groups excluding carboxylic acids is 2. The van der Waals surface area contributed by atoms with Crippen molar-refractivity contribution in [1.29, 1.82) is 0 Å². The molecule has 2 aromatic heterocycles. The number of thiophene rings is 1. The van der Waals surface area contributed by atoms with Crippen LogP contribution < -0.4 is 5.32 Å². The van der Waals surface area contributed by atoms with E-state index >= 15 is 0 Å². The van der Waals surface area contributed by atoms with E-state index in [1.807, 2.05) is 48.8 Å². The number of rotatable bonds is 10. The summed E-state index contributed by atoms with van der Waals surface area (Å²) in [6.07, 6.45) is 17.9. The predicted octanol–water partition coefficient (Wildman–Crippen LogP) is 8.42. The molecule has 2 unspecified atom stereocenters. The van der Waals surface area contributed by atoms with Crippen molar-refractivity contribution in [2.75, 3.05) is 19.6 Å². The maximum atomic E-state index is 13.7. The number of allylic oxidation sites excluding steroid dienone is 2. The summed E-state index contributed by atoms with van der Waals surface area (Å²) < 4.78 is 0. The summed E-state index contributed by atoms with van der Waals surface area (Å²) in [7, 11) is 0. The van der Waals surface area contributed by atoms with E-state index in [9.17, 15) is 19.5 Å². The van der Waals surface area contributed by atoms with Crippen molar-refractivity contribution in [1.82, 2.24) is 20.2 Å². The quantitative estimate of drug-likeness (QED) is 0.217. The first-order chi connectivity index (χ1) is 24.9. The van der Waals surface area contributed by atoms with Crippen LogP contribution in [0.4, 0.5) is 0 Å². The molecule has 8 nitrogen and oxygen atoms in total. The SMILES string of the molecule is CC1CC12CCC(C1CC=C(c3cnc(-c4ccc(C[C@H](CNC(=O)c5ccc(C(C)(C)C)s5)C(=O)N5CC[C@H](C(=O)O)C5)cc4)nc3)CC1)CC2. The fourth-order valence-corrected chi connectivity index (χ4v) is 10.0. The van der Waals surface area contributed by atoms with Gasteiger partial charge in [0.25, 0.3) is 5.91 Å². The number of amides is 2. The average molecular weight is 723 g/mol. The van der Waals surface area contributed by atoms with Crippen LogP contribution in [0.2, 0.25) is 0 Å². The molecule has 2 N–H and O–H groups in total. The first-order valence-electron chi connectivity index (χ1n) is 19.4. The highest BCUT2D eigenvalue weighted by atomic mass is 32.1. The highest BCUT2D eigenvalue weighted by Crippen LogP contribution is 2.62. The molecule has 1 aromatic carbocycles. The van der Waals surface area contributed by atoms with E-state index in [0.29, 0.717) is 30.1 Å². The zero-order chi connectivity index (χ0) is 36.6. The Morgan fingerprint density at radius 3 is 2.27 bits per heavy atom. The van der Waals surface area contributed by atoms with Crippen molar-refractivity contribution in [2.45, 2.75) is 97.3 Å². The lowest BCUT2D eigenvalue weighted by Gasteiger charge is -2.36. The van der Waals surface area contributed by atoms with Crippen molar-refractivity contribution >= 4 is 34.7 Å². The smallest absolute Gasteiger partial charge is 0.308 e. The number of hydrogen-bond acceptors (Lipinski definition) is 6. The molecule has 9 heteroatoms. The molecule has 4 aliphatic rings. The van der Waals surface area contributed by atoms with Crippen LogP contribution in [0.1, 0.15) is 111 Å². The van der Waals surface area contributed by atoms with Gasteiger partial charge in [0.2, 0.25) is 5.91 Å². The van der Waals surface area contributed by atoms with Gasteiger partial charge < -0.3 is 15.3 Å². The lowest BCUT2D eigenvalue weighted by molar-refractivity contribution is -0.141. The number of carboxylic acid groups (broad SMARTS) is 1. The number of aliphatic carboxylic acids is 1. The fraction of sp³-hybridized carbons (Fsp3) is 0.558. The van der Waals surface area contributed by atoms with Crippen molar-refractivity contribution in [3.8, 4) is 11.4 Å². The Labute approximate surface area is 312 Å². The molecule has 0 radical (unpaired) electrons. The molecule has 1 aliphatic heterocycles. The molecule has 3 aromatic rings. The third kappa shape index (κ3) is 8.04. The van der Waals surface area contributed by atoms with E-state index in [2.05, 4.69) is 39.1 Å². The number of hydrogen-bond donors (Lipinski definition) is 2. The molecule has 7 rings (SSSR count). The molecular weight excluding hydrogens is 669 g/mol. The van der Waals surface area contributed by atoms with E-state index in [-0.39, 0.29) is 30.3 Å². The number of benzene rings is 1. The topological polar surface area (TPSA) is 112 Å². The summed E-state index contributed by atoms with van der Waals surface area (Å²) in [5, 5.41) is 12.5. The van der Waals surface area contributed by atoms with Gasteiger partial charge in [0.15, 0.2) is 5.82 Å². The summed E-state index contributed by atoms with van der Waals surface area (Å²) in [5.74, 6) is 1.04. The zero-order valence-electron chi connectivity index (χ0n) is 31.2. The molecule has 3 fully saturated rings. The van der Waals surface area contributed by atoms with Gasteiger partial charge in [-0.15, -0.1) is 11.3 Å². The van der Waals surface area contributed by atoms with Gasteiger partial charge in [-0.25, -0.2) is 9.97 Å². The van der Waals surface area contributed by atoms with E-state index < -0.39 is 17.8 Å². The van der Waals surface area contributed by atoms with Gasteiger partial charge in [0.1, 0.15) is 0 Å². The molecule has 4 atom stereocenters. The number of carboxylic acids is 1. The Morgan fingerprint density at radius 2 is 1.69 bits per heavy atom. The minimum Gasteiger partial charge on any atom is -0.481 e. The van der Waals surface area contributed by atoms with Crippen LogP contribution >= 0.6 is 11.3 Å². The second-order valence-corrected chi connectivity index (χ2v) is 18.3. The lowest BCUT2D eigenvalue weighted by atomic mass is 9.69. The van der Waals surface area contributed by atoms with Crippen LogP contribution in [0.15, 0.2) is 54.9 Å². The highest BCUT2D eigenvalue weighted by Gasteiger charge is 2.52. The van der Waals surface area contributed by atoms with Gasteiger partial charge in [0.05, 0.1) is 16.7 Å². The van der Waals surface area contributed by atoms with Crippen LogP contribution in [-0.4, -0.2) is 57.4 Å². The Bertz CT molecular complexity index is 1800. The van der Waals surface area contributed by atoms with Gasteiger partial charge in [-0.05, 0) is 116 Å². The number of carbonyl (C=O) groups is 3. The van der Waals surface area contributed by atoms with E-state index in [1.54, 1.807) is 4.90 Å². The van der Waals surface area contributed by atoms with Crippen molar-refractivity contribution in [3.63, 3.8) is 0 Å². The summed E-state index contributed by atoms with van der Waals surface area (Å²) in [6, 6.07) is 11.8. The summed E-state index contributed by atoms with van der Waals surface area (Å²) >= 11 is 1.47. The molecule has 276 valence electrons. The Balaban J connectivity index is 0.972. The summed E-state index contributed by atoms with van der Waals surface area (Å²) in [4.78, 5) is 51.4. The van der Waals surface area contributed by atoms with Gasteiger partial charge >= 0.3 is 5.97 Å². The monoisotopic (exact) mass is 722 g/mol. The molecule has 2 amide bonds. The van der Waals surface area contributed by atoms with Gasteiger partial charge in [0, 0.05) is 48.0 Å². The molecule has 3 aliphatic carbocycles. The maximum Gasteiger partial charge on any atom is 0.308 e. The normalized spacial score (nSPS) is 26.5. The standard InChI is InChI=1S/C43H54N4O4S/c1-27-22-43(27)18-15-31(16-19-43)29-9-11-30(12-10-29)35-24-44-38(45-25-35)32-7-5-28(6-8-32)21-34(40(49)47-20-17-33(26-47)41(50)51)23-46-39(48)36-13-14-37(52-36)42(2,3)4/h5-8,11,13-14,24-25,27,29,31,33-34H,9-10,12,15-23,26H2,1-4H3,(H,46,48)(H,50,51)/t27?,29?,31?,33-,34+,43?/m0/s1. The van der Waals surface area contributed by atoms with Gasteiger partial charge in [-0.1, -0.05) is 58.0 Å². The molecule has 52 heavy (non-hydrogen) atoms. The highest BCUT2D eigenvalue weighted by molar-refractivity contribution is 7.14. The van der Waals surface area contributed by atoms with Gasteiger partial charge in [-0.3, -0.25) is 14.4 Å². The molecular formula is C43H54N4O4S. The fourth-order valence-electron chi connectivity index (χ4n) is 9.03. The largest absolute Gasteiger partial charge is 0.481 e. The molecule has 2 saturated carbocycles. The van der Waals surface area contributed by atoms with Crippen LogP contribution in [-0.2, 0) is 21.4 Å². The third-order valence-corrected chi connectivity index (χ3v) is 14.2. The minimum atomic E-state index is -0.877. The zero-order valence-corrected chi connectivity index (χ0v) is 32.0. The first kappa shape index (κ1) is 36.5. The Kier molecular flexibility index (Phi) is 10.4. The third-order valence-electron chi connectivity index (χ3n) is 12.7. The number of nitrogens with zero attached hydrogens (tertiary/aromatic N) is 3. The van der Waals surface area contributed by atoms with Crippen LogP contribution in [0.5, 0.6) is 0 Å². The second-order valence-electron chi connectivity index (χ2n) is 17.2. The van der Waals surface area contributed by atoms with Crippen molar-refractivity contribution < 1.29 is 19.5 Å². The molecule has 1 spiro atoms. The van der Waals surface area contributed by atoms with Crippen molar-refractivity contribution in [2.24, 2.45) is 35.0 Å². The maximum absolute atomic E-state index is 13.7. The molecule has 0 bridgehead atoms. The second kappa shape index (κ2) is 14.9. The first-order valence-corrected chi connectivity index (χ1v) is 20.2. The van der Waals surface area contributed by atoms with Gasteiger partial charge in [-0.2, -0.15) is 0 Å². The van der Waals surface area contributed by atoms with E-state index in [1.165, 1.54) is 61.9 Å². The molecule has 1 saturated heterocycles.